The largest absolute Gasteiger partial charge is 0.335 e. The second-order valence-electron chi connectivity index (χ2n) is 7.23. The van der Waals surface area contributed by atoms with Gasteiger partial charge in [0.1, 0.15) is 11.5 Å². The molecule has 3 heterocycles. The molecule has 0 bridgehead atoms. The van der Waals surface area contributed by atoms with Crippen molar-refractivity contribution in [2.45, 2.75) is 18.8 Å². The molecule has 146 valence electrons. The number of aromatic amines is 1. The zero-order chi connectivity index (χ0) is 18.2. The molecule has 2 aromatic heterocycles. The van der Waals surface area contributed by atoms with Gasteiger partial charge in [0.25, 0.3) is 5.91 Å². The van der Waals surface area contributed by atoms with Gasteiger partial charge in [-0.2, -0.15) is 5.10 Å². The number of anilines is 2. The fourth-order valence-corrected chi connectivity index (χ4v) is 3.56. The van der Waals surface area contributed by atoms with Crippen LogP contribution in [-0.4, -0.2) is 52.2 Å². The minimum atomic E-state index is -0.0222. The van der Waals surface area contributed by atoms with E-state index in [1.807, 2.05) is 41.3 Å². The summed E-state index contributed by atoms with van der Waals surface area (Å²) in [5.74, 6) is 1.99. The van der Waals surface area contributed by atoms with Crippen molar-refractivity contribution < 1.29 is 4.79 Å². The Labute approximate surface area is 169 Å². The number of rotatable bonds is 4. The topological polar surface area (TPSA) is 85.9 Å². The molecule has 1 aliphatic heterocycles. The second kappa shape index (κ2) is 7.77. The number of H-pyrrole nitrogens is 1. The molecule has 0 atom stereocenters. The first kappa shape index (κ1) is 18.7. The number of amides is 1. The molecule has 1 aliphatic carbocycles. The molecular weight excluding hydrogens is 376 g/mol. The Bertz CT molecular complexity index is 993. The van der Waals surface area contributed by atoms with Crippen LogP contribution >= 0.6 is 12.4 Å². The molecule has 28 heavy (non-hydrogen) atoms. The number of hydrogen-bond acceptors (Lipinski definition) is 5. The molecule has 0 unspecified atom stereocenters. The number of carbonyl (C=O) groups is 1. The molecule has 3 N–H and O–H groups in total. The lowest BCUT2D eigenvalue weighted by atomic mass is 10.1. The summed E-state index contributed by atoms with van der Waals surface area (Å²) in [5, 5.41) is 16.0. The highest BCUT2D eigenvalue weighted by atomic mass is 35.5. The van der Waals surface area contributed by atoms with Gasteiger partial charge in [-0.3, -0.25) is 9.89 Å². The molecule has 5 rings (SSSR count). The average molecular weight is 399 g/mol. The number of nitrogens with one attached hydrogen (secondary N) is 3. The maximum atomic E-state index is 12.9. The van der Waals surface area contributed by atoms with E-state index in [9.17, 15) is 4.79 Å². The van der Waals surface area contributed by atoms with Crippen molar-refractivity contribution in [2.75, 3.05) is 31.5 Å². The van der Waals surface area contributed by atoms with Crippen LogP contribution in [0.2, 0.25) is 0 Å². The van der Waals surface area contributed by atoms with Crippen LogP contribution in [0.25, 0.3) is 10.8 Å². The Morgan fingerprint density at radius 1 is 1.14 bits per heavy atom. The van der Waals surface area contributed by atoms with Crippen molar-refractivity contribution in [3.05, 3.63) is 47.8 Å². The van der Waals surface area contributed by atoms with Gasteiger partial charge in [0.15, 0.2) is 5.82 Å². The number of benzene rings is 1. The zero-order valence-corrected chi connectivity index (χ0v) is 16.3. The fourth-order valence-electron chi connectivity index (χ4n) is 3.56. The van der Waals surface area contributed by atoms with Crippen LogP contribution < -0.4 is 10.6 Å². The van der Waals surface area contributed by atoms with Crippen molar-refractivity contribution in [3.63, 3.8) is 0 Å². The van der Waals surface area contributed by atoms with Crippen LogP contribution in [0.15, 0.2) is 36.4 Å². The third-order valence-electron chi connectivity index (χ3n) is 5.23. The van der Waals surface area contributed by atoms with Crippen LogP contribution in [0.5, 0.6) is 0 Å². The van der Waals surface area contributed by atoms with Gasteiger partial charge >= 0.3 is 0 Å². The summed E-state index contributed by atoms with van der Waals surface area (Å²) in [5.41, 5.74) is 1.63. The van der Waals surface area contributed by atoms with Crippen molar-refractivity contribution in [2.24, 2.45) is 0 Å². The lowest BCUT2D eigenvalue weighted by Gasteiger charge is -2.27. The summed E-state index contributed by atoms with van der Waals surface area (Å²) in [6.07, 6.45) is 2.44. The first-order valence-corrected chi connectivity index (χ1v) is 9.50. The van der Waals surface area contributed by atoms with Gasteiger partial charge in [-0.05, 0) is 24.3 Å². The maximum absolute atomic E-state index is 12.9. The van der Waals surface area contributed by atoms with Crippen molar-refractivity contribution in [3.8, 4) is 0 Å². The number of nitrogens with zero attached hydrogens (tertiary/aromatic N) is 3. The van der Waals surface area contributed by atoms with E-state index in [0.717, 1.165) is 35.4 Å². The van der Waals surface area contributed by atoms with Gasteiger partial charge in [-0.15, -0.1) is 12.4 Å². The highest BCUT2D eigenvalue weighted by Crippen LogP contribution is 2.39. The third kappa shape index (κ3) is 3.68. The van der Waals surface area contributed by atoms with Gasteiger partial charge in [-0.1, -0.05) is 24.3 Å². The monoisotopic (exact) mass is 398 g/mol. The molecule has 8 heteroatoms. The summed E-state index contributed by atoms with van der Waals surface area (Å²) in [6.45, 7) is 3.06. The minimum Gasteiger partial charge on any atom is -0.335 e. The predicted molar refractivity (Wildman–Crippen MR) is 112 cm³/mol. The number of halogens is 1. The van der Waals surface area contributed by atoms with Crippen LogP contribution in [0.1, 0.15) is 34.9 Å². The van der Waals surface area contributed by atoms with E-state index in [0.29, 0.717) is 30.5 Å². The van der Waals surface area contributed by atoms with Crippen molar-refractivity contribution >= 4 is 40.7 Å². The SMILES string of the molecule is Cl.O=C(c1cc2ccccc2c(Nc2cc(C3CC3)[nH]n2)n1)N1CCNCC1. The lowest BCUT2D eigenvalue weighted by Crippen LogP contribution is -2.46. The van der Waals surface area contributed by atoms with E-state index in [1.165, 1.54) is 12.8 Å². The molecule has 3 aromatic rings. The minimum absolute atomic E-state index is 0. The summed E-state index contributed by atoms with van der Waals surface area (Å²) in [6, 6.07) is 11.9. The second-order valence-corrected chi connectivity index (χ2v) is 7.23. The summed E-state index contributed by atoms with van der Waals surface area (Å²) < 4.78 is 0. The Morgan fingerprint density at radius 2 is 1.93 bits per heavy atom. The predicted octanol–water partition coefficient (Wildman–Crippen LogP) is 3.05. The molecule has 7 nitrogen and oxygen atoms in total. The first-order chi connectivity index (χ1) is 13.3. The molecule has 2 aliphatic rings. The standard InChI is InChI=1S/C20H22N6O.ClH/c27-20(26-9-7-21-8-10-26)17-11-14-3-1-2-4-15(14)19(22-17)23-18-12-16(24-25-18)13-5-6-13;/h1-4,11-13,21H,5-10H2,(H2,22,23,24,25);1H. The highest BCUT2D eigenvalue weighted by Gasteiger charge is 2.26. The van der Waals surface area contributed by atoms with Crippen LogP contribution in [0.4, 0.5) is 11.6 Å². The number of fused-ring (bicyclic) bond motifs is 1. The fraction of sp³-hybridized carbons (Fsp3) is 0.350. The van der Waals surface area contributed by atoms with E-state index < -0.39 is 0 Å². The first-order valence-electron chi connectivity index (χ1n) is 9.50. The Balaban J connectivity index is 0.00000192. The smallest absolute Gasteiger partial charge is 0.272 e. The summed E-state index contributed by atoms with van der Waals surface area (Å²) in [4.78, 5) is 19.5. The molecule has 1 saturated heterocycles. The maximum Gasteiger partial charge on any atom is 0.272 e. The van der Waals surface area contributed by atoms with Crippen LogP contribution in [0.3, 0.4) is 0 Å². The molecule has 0 radical (unpaired) electrons. The summed E-state index contributed by atoms with van der Waals surface area (Å²) in [7, 11) is 0. The average Bonchev–Trinajstić information content (AvgIpc) is 3.47. The lowest BCUT2D eigenvalue weighted by molar-refractivity contribution is 0.0730. The Morgan fingerprint density at radius 3 is 2.71 bits per heavy atom. The number of carbonyl (C=O) groups excluding carboxylic acids is 1. The zero-order valence-electron chi connectivity index (χ0n) is 15.4. The van der Waals surface area contributed by atoms with Crippen LogP contribution in [0, 0.1) is 0 Å². The highest BCUT2D eigenvalue weighted by molar-refractivity contribution is 6.00. The van der Waals surface area contributed by atoms with E-state index in [2.05, 4.69) is 25.8 Å². The molecule has 0 spiro atoms. The van der Waals surface area contributed by atoms with Gasteiger partial charge in [0.05, 0.1) is 0 Å². The summed E-state index contributed by atoms with van der Waals surface area (Å²) >= 11 is 0. The van der Waals surface area contributed by atoms with Crippen molar-refractivity contribution in [1.29, 1.82) is 0 Å². The molecule has 2 fully saturated rings. The number of aromatic nitrogens is 3. The normalized spacial score (nSPS) is 16.6. The van der Waals surface area contributed by atoms with E-state index in [1.54, 1.807) is 0 Å². The molecule has 1 aromatic carbocycles. The number of piperazine rings is 1. The van der Waals surface area contributed by atoms with E-state index >= 15 is 0 Å². The van der Waals surface area contributed by atoms with Crippen LogP contribution in [-0.2, 0) is 0 Å². The quantitative estimate of drug-likeness (QED) is 0.628. The Hall–Kier alpha value is -2.64. The molecule has 1 saturated carbocycles. The van der Waals surface area contributed by atoms with Gasteiger partial charge < -0.3 is 15.5 Å². The molecule has 1 amide bonds. The van der Waals surface area contributed by atoms with E-state index in [-0.39, 0.29) is 18.3 Å². The molecular formula is C20H23ClN6O. The Kier molecular flexibility index (Phi) is 5.19. The van der Waals surface area contributed by atoms with Gasteiger partial charge in [0, 0.05) is 49.2 Å². The van der Waals surface area contributed by atoms with E-state index in [4.69, 9.17) is 0 Å². The van der Waals surface area contributed by atoms with Gasteiger partial charge in [0.2, 0.25) is 0 Å². The number of pyridine rings is 1. The van der Waals surface area contributed by atoms with Crippen molar-refractivity contribution in [1.82, 2.24) is 25.4 Å². The number of hydrogen-bond donors (Lipinski definition) is 3. The third-order valence-corrected chi connectivity index (χ3v) is 5.23. The van der Waals surface area contributed by atoms with Gasteiger partial charge in [-0.25, -0.2) is 4.98 Å².